The van der Waals surface area contributed by atoms with Crippen LogP contribution in [-0.2, 0) is 17.9 Å². The lowest BCUT2D eigenvalue weighted by atomic mass is 10.1. The molecule has 0 aliphatic carbocycles. The first-order valence-electron chi connectivity index (χ1n) is 9.95. The highest BCUT2D eigenvalue weighted by Gasteiger charge is 2.30. The van der Waals surface area contributed by atoms with E-state index in [2.05, 4.69) is 15.6 Å². The summed E-state index contributed by atoms with van der Waals surface area (Å²) in [5.41, 5.74) is 0.863. The number of nitrogens with one attached hydrogen (secondary N) is 2. The van der Waals surface area contributed by atoms with Gasteiger partial charge in [-0.3, -0.25) is 9.59 Å². The Kier molecular flexibility index (Phi) is 6.13. The highest BCUT2D eigenvalue weighted by molar-refractivity contribution is 6.35. The van der Waals surface area contributed by atoms with E-state index >= 15 is 0 Å². The van der Waals surface area contributed by atoms with Crippen LogP contribution in [0.1, 0.15) is 36.1 Å². The number of hydrogen-bond acceptors (Lipinski definition) is 4. The molecule has 9 heteroatoms. The van der Waals surface area contributed by atoms with Crippen molar-refractivity contribution in [1.82, 2.24) is 19.8 Å². The van der Waals surface area contributed by atoms with Gasteiger partial charge >= 0.3 is 0 Å². The molecule has 7 nitrogen and oxygen atoms in total. The zero-order valence-electron chi connectivity index (χ0n) is 16.6. The predicted octanol–water partition coefficient (Wildman–Crippen LogP) is 3.48. The Morgan fingerprint density at radius 1 is 1.33 bits per heavy atom. The molecule has 2 N–H and O–H groups in total. The van der Waals surface area contributed by atoms with E-state index in [1.165, 1.54) is 6.20 Å². The van der Waals surface area contributed by atoms with Crippen LogP contribution in [0.4, 0.5) is 5.69 Å². The molecule has 0 bridgehead atoms. The second-order valence-electron chi connectivity index (χ2n) is 7.63. The molecule has 1 aromatic heterocycles. The molecule has 2 aliphatic rings. The van der Waals surface area contributed by atoms with Gasteiger partial charge in [0.15, 0.2) is 0 Å². The first-order valence-corrected chi connectivity index (χ1v) is 10.7. The Morgan fingerprint density at radius 2 is 2.17 bits per heavy atom. The van der Waals surface area contributed by atoms with Crippen molar-refractivity contribution in [3.8, 4) is 0 Å². The summed E-state index contributed by atoms with van der Waals surface area (Å²) >= 11 is 12.1. The Hall–Kier alpha value is -2.35. The molecular weight excluding hydrogens is 425 g/mol. The maximum Gasteiger partial charge on any atom is 0.273 e. The first kappa shape index (κ1) is 20.9. The molecule has 1 fully saturated rings. The van der Waals surface area contributed by atoms with E-state index in [4.69, 9.17) is 23.2 Å². The Labute approximate surface area is 185 Å². The Morgan fingerprint density at radius 3 is 2.93 bits per heavy atom. The number of halogens is 2. The third-order valence-electron chi connectivity index (χ3n) is 5.49. The van der Waals surface area contributed by atoms with Crippen molar-refractivity contribution in [3.63, 3.8) is 0 Å². The number of benzene rings is 1. The van der Waals surface area contributed by atoms with Crippen molar-refractivity contribution in [2.75, 3.05) is 11.9 Å². The maximum absolute atomic E-state index is 12.8. The van der Waals surface area contributed by atoms with Gasteiger partial charge in [-0.05, 0) is 44.5 Å². The first-order chi connectivity index (χ1) is 14.4. The molecule has 2 amide bonds. The average Bonchev–Trinajstić information content (AvgIpc) is 3.37. The molecule has 0 saturated carbocycles. The molecule has 1 unspecified atom stereocenters. The maximum atomic E-state index is 12.8. The summed E-state index contributed by atoms with van der Waals surface area (Å²) in [7, 11) is 0. The summed E-state index contributed by atoms with van der Waals surface area (Å²) in [6.45, 7) is 3.81. The molecule has 4 rings (SSSR count). The molecular formula is C21H23Cl2N5O2. The van der Waals surface area contributed by atoms with Crippen LogP contribution in [0.25, 0.3) is 0 Å². The molecule has 1 saturated heterocycles. The van der Waals surface area contributed by atoms with Crippen molar-refractivity contribution < 1.29 is 9.59 Å². The van der Waals surface area contributed by atoms with E-state index in [-0.39, 0.29) is 23.9 Å². The van der Waals surface area contributed by atoms with Crippen LogP contribution < -0.4 is 10.6 Å². The third-order valence-corrected chi connectivity index (χ3v) is 6.06. The van der Waals surface area contributed by atoms with E-state index in [1.54, 1.807) is 29.2 Å². The largest absolute Gasteiger partial charge is 0.327 e. The van der Waals surface area contributed by atoms with Gasteiger partial charge in [-0.2, -0.15) is 0 Å². The highest BCUT2D eigenvalue weighted by Crippen LogP contribution is 2.27. The van der Waals surface area contributed by atoms with Gasteiger partial charge in [0.1, 0.15) is 11.5 Å². The van der Waals surface area contributed by atoms with E-state index < -0.39 is 0 Å². The minimum absolute atomic E-state index is 0.0397. The van der Waals surface area contributed by atoms with Gasteiger partial charge in [-0.1, -0.05) is 29.3 Å². The third kappa shape index (κ3) is 4.38. The number of rotatable bonds is 4. The van der Waals surface area contributed by atoms with Gasteiger partial charge in [0.05, 0.1) is 23.5 Å². The SMILES string of the molecule is CC1Cn2c(C(=O)Nc3cc(Cl)ccc3Cl)cnc2CN1C(=O)/C=C/[C@H]1CCCN1. The fraction of sp³-hybridized carbons (Fsp3) is 0.381. The quantitative estimate of drug-likeness (QED) is 0.703. The average molecular weight is 448 g/mol. The molecule has 2 aromatic rings. The summed E-state index contributed by atoms with van der Waals surface area (Å²) in [5.74, 6) is 0.315. The van der Waals surface area contributed by atoms with Crippen molar-refractivity contribution in [2.24, 2.45) is 0 Å². The number of anilines is 1. The number of imidazole rings is 1. The molecule has 2 aliphatic heterocycles. The van der Waals surface area contributed by atoms with Gasteiger partial charge < -0.3 is 20.1 Å². The van der Waals surface area contributed by atoms with Crippen LogP contribution in [0.15, 0.2) is 36.5 Å². The monoisotopic (exact) mass is 447 g/mol. The Balaban J connectivity index is 1.47. The van der Waals surface area contributed by atoms with E-state index in [0.717, 1.165) is 19.4 Å². The van der Waals surface area contributed by atoms with E-state index in [1.807, 2.05) is 17.6 Å². The summed E-state index contributed by atoms with van der Waals surface area (Å²) in [6.07, 6.45) is 7.30. The molecule has 2 atom stereocenters. The summed E-state index contributed by atoms with van der Waals surface area (Å²) in [4.78, 5) is 31.7. The number of carbonyl (C=O) groups excluding carboxylic acids is 2. The van der Waals surface area contributed by atoms with E-state index in [9.17, 15) is 9.59 Å². The zero-order chi connectivity index (χ0) is 21.3. The summed E-state index contributed by atoms with van der Waals surface area (Å²) in [6, 6.07) is 5.09. The highest BCUT2D eigenvalue weighted by atomic mass is 35.5. The fourth-order valence-electron chi connectivity index (χ4n) is 3.84. The van der Waals surface area contributed by atoms with Gasteiger partial charge in [0, 0.05) is 29.7 Å². The normalized spacial score (nSPS) is 21.1. The number of amides is 2. The second kappa shape index (κ2) is 8.79. The minimum Gasteiger partial charge on any atom is -0.327 e. The molecule has 0 radical (unpaired) electrons. The van der Waals surface area contributed by atoms with Crippen molar-refractivity contribution in [1.29, 1.82) is 0 Å². The van der Waals surface area contributed by atoms with Crippen LogP contribution >= 0.6 is 23.2 Å². The lowest BCUT2D eigenvalue weighted by Crippen LogP contribution is -2.45. The van der Waals surface area contributed by atoms with Crippen molar-refractivity contribution in [2.45, 2.75) is 44.9 Å². The molecule has 1 aromatic carbocycles. The van der Waals surface area contributed by atoms with Crippen molar-refractivity contribution in [3.05, 3.63) is 58.1 Å². The van der Waals surface area contributed by atoms with E-state index in [0.29, 0.717) is 40.3 Å². The van der Waals surface area contributed by atoms with Crippen LogP contribution in [0, 0.1) is 0 Å². The number of hydrogen-bond donors (Lipinski definition) is 2. The number of carbonyl (C=O) groups is 2. The Bertz CT molecular complexity index is 997. The minimum atomic E-state index is -0.322. The number of aromatic nitrogens is 2. The van der Waals surface area contributed by atoms with Crippen LogP contribution in [-0.4, -0.2) is 44.9 Å². The van der Waals surface area contributed by atoms with Crippen LogP contribution in [0.3, 0.4) is 0 Å². The number of fused-ring (bicyclic) bond motifs is 1. The van der Waals surface area contributed by atoms with Crippen molar-refractivity contribution >= 4 is 40.7 Å². The fourth-order valence-corrected chi connectivity index (χ4v) is 4.18. The second-order valence-corrected chi connectivity index (χ2v) is 8.47. The topological polar surface area (TPSA) is 79.3 Å². The predicted molar refractivity (Wildman–Crippen MR) is 117 cm³/mol. The van der Waals surface area contributed by atoms with Crippen LogP contribution in [0.2, 0.25) is 10.0 Å². The van der Waals surface area contributed by atoms with Gasteiger partial charge in [-0.15, -0.1) is 0 Å². The zero-order valence-corrected chi connectivity index (χ0v) is 18.1. The van der Waals surface area contributed by atoms with Gasteiger partial charge in [0.2, 0.25) is 5.91 Å². The molecule has 30 heavy (non-hydrogen) atoms. The molecule has 0 spiro atoms. The standard InChI is InChI=1S/C21H23Cl2N5O2/c1-13-11-28-18(21(30)26-17-9-14(22)4-6-16(17)23)10-25-19(28)12-27(13)20(29)7-5-15-3-2-8-24-15/h4-7,9-10,13,15,24H,2-3,8,11-12H2,1H3,(H,26,30)/b7-5+/t13?,15-/m1/s1. The number of nitrogens with zero attached hydrogens (tertiary/aromatic N) is 3. The lowest BCUT2D eigenvalue weighted by Gasteiger charge is -2.34. The summed E-state index contributed by atoms with van der Waals surface area (Å²) in [5, 5.41) is 7.02. The summed E-state index contributed by atoms with van der Waals surface area (Å²) < 4.78 is 1.85. The van der Waals surface area contributed by atoms with Gasteiger partial charge in [-0.25, -0.2) is 4.98 Å². The van der Waals surface area contributed by atoms with Crippen LogP contribution in [0.5, 0.6) is 0 Å². The molecule has 3 heterocycles. The smallest absolute Gasteiger partial charge is 0.273 e. The van der Waals surface area contributed by atoms with Gasteiger partial charge in [0.25, 0.3) is 5.91 Å². The lowest BCUT2D eigenvalue weighted by molar-refractivity contribution is -0.129. The molecule has 158 valence electrons.